The lowest BCUT2D eigenvalue weighted by molar-refractivity contribution is -0.131. The van der Waals surface area contributed by atoms with Crippen LogP contribution in [0.3, 0.4) is 0 Å². The van der Waals surface area contributed by atoms with Crippen molar-refractivity contribution in [3.63, 3.8) is 0 Å². The lowest BCUT2D eigenvalue weighted by Gasteiger charge is -2.16. The number of nitrogens with one attached hydrogen (secondary N) is 2. The molecule has 0 bridgehead atoms. The molecule has 4 N–H and O–H groups in total. The Kier molecular flexibility index (Phi) is 6.22. The number of nitrogens with zero attached hydrogens (tertiary/aromatic N) is 1. The van der Waals surface area contributed by atoms with Crippen molar-refractivity contribution in [2.24, 2.45) is 11.1 Å². The van der Waals surface area contributed by atoms with Gasteiger partial charge in [0.05, 0.1) is 12.1 Å². The molecular formula is C24H20F2N4O4. The normalized spacial score (nSPS) is 13.6. The molecule has 1 aliphatic carbocycles. The van der Waals surface area contributed by atoms with Crippen molar-refractivity contribution < 1.29 is 27.9 Å². The molecule has 34 heavy (non-hydrogen) atoms. The van der Waals surface area contributed by atoms with Crippen LogP contribution in [0.15, 0.2) is 60.8 Å². The Labute approximate surface area is 193 Å². The summed E-state index contributed by atoms with van der Waals surface area (Å²) in [5.41, 5.74) is 4.78. The highest BCUT2D eigenvalue weighted by atomic mass is 19.1. The second-order valence-corrected chi connectivity index (χ2v) is 7.87. The number of halogens is 2. The molecule has 8 nitrogen and oxygen atoms in total. The number of aromatic nitrogens is 1. The lowest BCUT2D eigenvalue weighted by Crippen LogP contribution is -2.35. The minimum absolute atomic E-state index is 0.0822. The molecule has 3 amide bonds. The molecule has 4 rings (SSSR count). The summed E-state index contributed by atoms with van der Waals surface area (Å²) in [4.78, 5) is 40.4. The summed E-state index contributed by atoms with van der Waals surface area (Å²) in [7, 11) is 0. The fraction of sp³-hybridized carbons (Fsp3) is 0.167. The summed E-state index contributed by atoms with van der Waals surface area (Å²) in [5.74, 6) is -2.67. The Bertz CT molecular complexity index is 1260. The molecule has 0 saturated heterocycles. The van der Waals surface area contributed by atoms with Crippen LogP contribution >= 0.6 is 0 Å². The first-order valence-corrected chi connectivity index (χ1v) is 10.3. The van der Waals surface area contributed by atoms with Gasteiger partial charge in [-0.25, -0.2) is 8.78 Å². The molecule has 10 heteroatoms. The molecule has 1 aliphatic rings. The third kappa shape index (κ3) is 5.17. The smallest absolute Gasteiger partial charge is 0.240 e. The van der Waals surface area contributed by atoms with Crippen molar-refractivity contribution in [1.82, 2.24) is 4.98 Å². The van der Waals surface area contributed by atoms with E-state index in [1.54, 1.807) is 0 Å². The third-order valence-corrected chi connectivity index (χ3v) is 5.28. The minimum Gasteiger partial charge on any atom is -0.454 e. The second-order valence-electron chi connectivity index (χ2n) is 7.87. The van der Waals surface area contributed by atoms with Gasteiger partial charge in [-0.05, 0) is 55.3 Å². The Hall–Kier alpha value is -4.34. The van der Waals surface area contributed by atoms with Gasteiger partial charge in [-0.3, -0.25) is 19.4 Å². The van der Waals surface area contributed by atoms with Gasteiger partial charge in [0.1, 0.15) is 17.0 Å². The number of benzene rings is 2. The summed E-state index contributed by atoms with van der Waals surface area (Å²) in [6, 6.07) is 12.0. The number of nitrogens with two attached hydrogens (primary N) is 1. The van der Waals surface area contributed by atoms with Gasteiger partial charge in [0.15, 0.2) is 11.6 Å². The first-order chi connectivity index (χ1) is 16.2. The van der Waals surface area contributed by atoms with Gasteiger partial charge in [0, 0.05) is 29.7 Å². The molecule has 0 atom stereocenters. The van der Waals surface area contributed by atoms with Crippen LogP contribution in [-0.4, -0.2) is 22.7 Å². The molecule has 2 aromatic carbocycles. The lowest BCUT2D eigenvalue weighted by atomic mass is 10.0. The highest BCUT2D eigenvalue weighted by molar-refractivity contribution is 6.16. The summed E-state index contributed by atoms with van der Waals surface area (Å²) in [6.45, 7) is 0. The van der Waals surface area contributed by atoms with Crippen molar-refractivity contribution >= 4 is 29.1 Å². The Morgan fingerprint density at radius 3 is 2.21 bits per heavy atom. The number of hydrogen-bond donors (Lipinski definition) is 3. The van der Waals surface area contributed by atoms with Crippen LogP contribution in [0.5, 0.6) is 11.5 Å². The first-order valence-electron chi connectivity index (χ1n) is 10.3. The standard InChI is InChI=1S/C24H20F2N4O4/c25-14-1-3-15(4-2-14)29-22(32)24(8-9-24)23(33)30-16-5-6-20(19(26)12-16)34-18-7-10-28-17(11-18)13-21(27)31/h1-7,10-12H,8-9,13H2,(H2,27,31)(H,29,32)(H,30,33). The van der Waals surface area contributed by atoms with Crippen LogP contribution in [0.4, 0.5) is 20.2 Å². The van der Waals surface area contributed by atoms with E-state index in [1.165, 1.54) is 54.7 Å². The quantitative estimate of drug-likeness (QED) is 0.438. The molecule has 174 valence electrons. The predicted octanol–water partition coefficient (Wildman–Crippen LogP) is 3.54. The monoisotopic (exact) mass is 466 g/mol. The van der Waals surface area contributed by atoms with E-state index in [-0.39, 0.29) is 23.6 Å². The fourth-order valence-electron chi connectivity index (χ4n) is 3.30. The van der Waals surface area contributed by atoms with E-state index in [4.69, 9.17) is 10.5 Å². The van der Waals surface area contributed by atoms with Gasteiger partial charge < -0.3 is 21.1 Å². The van der Waals surface area contributed by atoms with Crippen LogP contribution in [0, 0.1) is 17.0 Å². The molecule has 0 radical (unpaired) electrons. The first kappa shape index (κ1) is 22.8. The van der Waals surface area contributed by atoms with E-state index in [0.717, 1.165) is 6.07 Å². The molecule has 0 aliphatic heterocycles. The number of rotatable bonds is 8. The van der Waals surface area contributed by atoms with Crippen LogP contribution < -0.4 is 21.1 Å². The SMILES string of the molecule is NC(=O)Cc1cc(Oc2ccc(NC(=O)C3(C(=O)Nc4ccc(F)cc4)CC3)cc2F)ccn1. The zero-order valence-electron chi connectivity index (χ0n) is 17.8. The second kappa shape index (κ2) is 9.26. The maximum Gasteiger partial charge on any atom is 0.240 e. The van der Waals surface area contributed by atoms with Crippen molar-refractivity contribution in [2.75, 3.05) is 10.6 Å². The largest absolute Gasteiger partial charge is 0.454 e. The summed E-state index contributed by atoms with van der Waals surface area (Å²) in [6.07, 6.45) is 2.00. The number of carbonyl (C=O) groups excluding carboxylic acids is 3. The van der Waals surface area contributed by atoms with Crippen molar-refractivity contribution in [2.45, 2.75) is 19.3 Å². The van der Waals surface area contributed by atoms with Crippen molar-refractivity contribution in [3.8, 4) is 11.5 Å². The van der Waals surface area contributed by atoms with Crippen LogP contribution in [0.25, 0.3) is 0 Å². The number of anilines is 2. The number of primary amides is 1. The van der Waals surface area contributed by atoms with Crippen molar-refractivity contribution in [3.05, 3.63) is 78.1 Å². The summed E-state index contributed by atoms with van der Waals surface area (Å²) < 4.78 is 33.2. The Morgan fingerprint density at radius 1 is 0.941 bits per heavy atom. The maximum atomic E-state index is 14.6. The summed E-state index contributed by atoms with van der Waals surface area (Å²) in [5, 5.41) is 5.17. The van der Waals surface area contributed by atoms with Crippen LogP contribution in [0.1, 0.15) is 18.5 Å². The van der Waals surface area contributed by atoms with Crippen LogP contribution in [-0.2, 0) is 20.8 Å². The van der Waals surface area contributed by atoms with Gasteiger partial charge in [0.25, 0.3) is 0 Å². The van der Waals surface area contributed by atoms with E-state index in [1.807, 2.05) is 0 Å². The van der Waals surface area contributed by atoms with Gasteiger partial charge >= 0.3 is 0 Å². The van der Waals surface area contributed by atoms with E-state index in [2.05, 4.69) is 15.6 Å². The van der Waals surface area contributed by atoms with Crippen LogP contribution in [0.2, 0.25) is 0 Å². The number of amides is 3. The molecule has 3 aromatic rings. The highest BCUT2D eigenvalue weighted by Crippen LogP contribution is 2.47. The van der Waals surface area contributed by atoms with Gasteiger partial charge in [-0.1, -0.05) is 0 Å². The van der Waals surface area contributed by atoms with E-state index in [0.29, 0.717) is 24.2 Å². The molecule has 1 aromatic heterocycles. The average Bonchev–Trinajstić information content (AvgIpc) is 3.59. The maximum absolute atomic E-state index is 14.6. The Morgan fingerprint density at radius 2 is 1.59 bits per heavy atom. The van der Waals surface area contributed by atoms with Gasteiger partial charge in [-0.15, -0.1) is 0 Å². The third-order valence-electron chi connectivity index (χ3n) is 5.28. The molecule has 0 unspecified atom stereocenters. The van der Waals surface area contributed by atoms with Gasteiger partial charge in [-0.2, -0.15) is 0 Å². The van der Waals surface area contributed by atoms with Crippen molar-refractivity contribution in [1.29, 1.82) is 0 Å². The Balaban J connectivity index is 1.41. The van der Waals surface area contributed by atoms with E-state index in [9.17, 15) is 23.2 Å². The molecule has 0 spiro atoms. The minimum atomic E-state index is -1.27. The number of pyridine rings is 1. The molecule has 1 fully saturated rings. The number of carbonyl (C=O) groups is 3. The van der Waals surface area contributed by atoms with Gasteiger partial charge in [0.2, 0.25) is 17.7 Å². The van der Waals surface area contributed by atoms with E-state index < -0.39 is 34.8 Å². The molecule has 1 saturated carbocycles. The average molecular weight is 466 g/mol. The number of hydrogen-bond acceptors (Lipinski definition) is 5. The van der Waals surface area contributed by atoms with E-state index >= 15 is 0 Å². The fourth-order valence-corrected chi connectivity index (χ4v) is 3.30. The predicted molar refractivity (Wildman–Crippen MR) is 119 cm³/mol. The summed E-state index contributed by atoms with van der Waals surface area (Å²) >= 11 is 0. The highest BCUT2D eigenvalue weighted by Gasteiger charge is 2.56. The zero-order chi connectivity index (χ0) is 24.3. The molecular weight excluding hydrogens is 446 g/mol. The zero-order valence-corrected chi connectivity index (χ0v) is 17.8. The molecule has 1 heterocycles. The topological polar surface area (TPSA) is 123 Å². The number of ether oxygens (including phenoxy) is 1.